The molecule has 1 aromatic heterocycles. The number of carbonyl (C=O) groups excluding carboxylic acids is 1. The van der Waals surface area contributed by atoms with Crippen LogP contribution in [0.25, 0.3) is 0 Å². The molecule has 3 heterocycles. The van der Waals surface area contributed by atoms with E-state index in [-0.39, 0.29) is 5.97 Å². The van der Waals surface area contributed by atoms with Crippen molar-refractivity contribution in [2.24, 2.45) is 5.41 Å². The number of hydrogen-bond acceptors (Lipinski definition) is 6. The molecule has 86 valence electrons. The molecule has 0 aromatic carbocycles. The second-order valence-electron chi connectivity index (χ2n) is 4.36. The first kappa shape index (κ1) is 10.0. The molecule has 0 atom stereocenters. The molecule has 0 N–H and O–H groups in total. The Hall–Kier alpha value is -1.14. The first-order valence-corrected chi connectivity index (χ1v) is 5.97. The van der Waals surface area contributed by atoms with Crippen LogP contribution in [0.5, 0.6) is 0 Å². The Balaban J connectivity index is 1.67. The molecule has 0 aliphatic carbocycles. The third kappa shape index (κ3) is 1.41. The van der Waals surface area contributed by atoms with Crippen molar-refractivity contribution in [3.05, 3.63) is 11.1 Å². The molecule has 6 heteroatoms. The van der Waals surface area contributed by atoms with E-state index in [1.54, 1.807) is 5.38 Å². The maximum absolute atomic E-state index is 11.2. The molecule has 5 nitrogen and oxygen atoms in total. The largest absolute Gasteiger partial charge is 0.464 e. The van der Waals surface area contributed by atoms with Gasteiger partial charge in [-0.2, -0.15) is 0 Å². The van der Waals surface area contributed by atoms with Gasteiger partial charge in [0.05, 0.1) is 25.7 Å². The van der Waals surface area contributed by atoms with Gasteiger partial charge in [-0.1, -0.05) is 0 Å². The molecule has 0 radical (unpaired) electrons. The number of carbonyl (C=O) groups is 1. The van der Waals surface area contributed by atoms with Gasteiger partial charge >= 0.3 is 5.97 Å². The summed E-state index contributed by atoms with van der Waals surface area (Å²) >= 11 is 1.49. The van der Waals surface area contributed by atoms with Gasteiger partial charge in [-0.15, -0.1) is 11.3 Å². The van der Waals surface area contributed by atoms with Crippen LogP contribution in [0.3, 0.4) is 0 Å². The number of rotatable bonds is 2. The number of thiazole rings is 1. The fourth-order valence-corrected chi connectivity index (χ4v) is 2.88. The van der Waals surface area contributed by atoms with Gasteiger partial charge in [-0.05, 0) is 0 Å². The number of nitrogens with zero attached hydrogens (tertiary/aromatic N) is 2. The highest BCUT2D eigenvalue weighted by Gasteiger charge is 2.49. The fraction of sp³-hybridized carbons (Fsp3) is 0.600. The summed E-state index contributed by atoms with van der Waals surface area (Å²) in [6.45, 7) is 3.69. The Morgan fingerprint density at radius 2 is 2.38 bits per heavy atom. The van der Waals surface area contributed by atoms with Crippen molar-refractivity contribution in [3.63, 3.8) is 0 Å². The molecule has 2 fully saturated rings. The monoisotopic (exact) mass is 240 g/mol. The summed E-state index contributed by atoms with van der Waals surface area (Å²) in [6, 6.07) is 0. The zero-order valence-corrected chi connectivity index (χ0v) is 9.75. The molecular weight excluding hydrogens is 228 g/mol. The van der Waals surface area contributed by atoms with Crippen LogP contribution in [-0.2, 0) is 9.47 Å². The van der Waals surface area contributed by atoms with Crippen LogP contribution in [0, 0.1) is 5.41 Å². The van der Waals surface area contributed by atoms with Crippen LogP contribution in [0.2, 0.25) is 0 Å². The lowest BCUT2D eigenvalue weighted by Gasteiger charge is -2.54. The lowest BCUT2D eigenvalue weighted by atomic mass is 9.78. The zero-order chi connectivity index (χ0) is 11.2. The summed E-state index contributed by atoms with van der Waals surface area (Å²) in [5.41, 5.74) is 0.769. The number of anilines is 1. The van der Waals surface area contributed by atoms with E-state index in [1.165, 1.54) is 18.4 Å². The molecule has 1 aromatic rings. The van der Waals surface area contributed by atoms with Crippen LogP contribution in [0.1, 0.15) is 10.5 Å². The SMILES string of the molecule is COC(=O)c1csc(N2CC3(COC3)C2)n1. The van der Waals surface area contributed by atoms with E-state index in [0.717, 1.165) is 31.4 Å². The highest BCUT2D eigenvalue weighted by atomic mass is 32.1. The van der Waals surface area contributed by atoms with Crippen LogP contribution in [-0.4, -0.2) is 44.4 Å². The first-order chi connectivity index (χ1) is 7.72. The minimum Gasteiger partial charge on any atom is -0.464 e. The van der Waals surface area contributed by atoms with Gasteiger partial charge in [-0.25, -0.2) is 9.78 Å². The van der Waals surface area contributed by atoms with Crippen molar-refractivity contribution in [2.45, 2.75) is 0 Å². The summed E-state index contributed by atoms with van der Waals surface area (Å²) in [5.74, 6) is -0.371. The smallest absolute Gasteiger partial charge is 0.357 e. The maximum Gasteiger partial charge on any atom is 0.357 e. The summed E-state index contributed by atoms with van der Waals surface area (Å²) in [6.07, 6.45) is 0. The number of methoxy groups -OCH3 is 1. The van der Waals surface area contributed by atoms with Crippen molar-refractivity contribution in [1.82, 2.24) is 4.98 Å². The van der Waals surface area contributed by atoms with Crippen molar-refractivity contribution in [2.75, 3.05) is 38.3 Å². The zero-order valence-electron chi connectivity index (χ0n) is 8.93. The molecule has 0 unspecified atom stereocenters. The normalized spacial score (nSPS) is 21.4. The lowest BCUT2D eigenvalue weighted by molar-refractivity contribution is -0.127. The van der Waals surface area contributed by atoms with Crippen LogP contribution in [0.15, 0.2) is 5.38 Å². The molecule has 3 rings (SSSR count). The Morgan fingerprint density at radius 1 is 1.62 bits per heavy atom. The van der Waals surface area contributed by atoms with Crippen LogP contribution < -0.4 is 4.90 Å². The number of esters is 1. The molecule has 0 bridgehead atoms. The molecule has 0 amide bonds. The van der Waals surface area contributed by atoms with Crippen molar-refractivity contribution >= 4 is 22.4 Å². The minimum atomic E-state index is -0.371. The van der Waals surface area contributed by atoms with Gasteiger partial charge in [0, 0.05) is 18.5 Å². The van der Waals surface area contributed by atoms with Crippen LogP contribution in [0.4, 0.5) is 5.13 Å². The van der Waals surface area contributed by atoms with E-state index in [0.29, 0.717) is 11.1 Å². The summed E-state index contributed by atoms with van der Waals surface area (Å²) in [5, 5.41) is 2.64. The molecule has 2 aliphatic rings. The lowest BCUT2D eigenvalue weighted by Crippen LogP contribution is -2.66. The van der Waals surface area contributed by atoms with Crippen molar-refractivity contribution < 1.29 is 14.3 Å². The van der Waals surface area contributed by atoms with E-state index in [9.17, 15) is 4.79 Å². The average molecular weight is 240 g/mol. The topological polar surface area (TPSA) is 51.7 Å². The minimum absolute atomic E-state index is 0.371. The molecule has 1 spiro atoms. The van der Waals surface area contributed by atoms with Gasteiger partial charge in [-0.3, -0.25) is 0 Å². The fourth-order valence-electron chi connectivity index (χ4n) is 2.08. The average Bonchev–Trinajstić information content (AvgIpc) is 2.61. The van der Waals surface area contributed by atoms with Crippen molar-refractivity contribution in [1.29, 1.82) is 0 Å². The predicted molar refractivity (Wildman–Crippen MR) is 58.9 cm³/mol. The van der Waals surface area contributed by atoms with Gasteiger partial charge < -0.3 is 14.4 Å². The standard InChI is InChI=1S/C10H12N2O3S/c1-14-8(13)7-2-16-9(11-7)12-3-10(4-12)5-15-6-10/h2H,3-6H2,1H3. The van der Waals surface area contributed by atoms with E-state index < -0.39 is 0 Å². The molecule has 2 aliphatic heterocycles. The summed E-state index contributed by atoms with van der Waals surface area (Å²) in [4.78, 5) is 17.7. The first-order valence-electron chi connectivity index (χ1n) is 5.09. The third-order valence-corrected chi connectivity index (χ3v) is 3.93. The Morgan fingerprint density at radius 3 is 2.94 bits per heavy atom. The molecule has 16 heavy (non-hydrogen) atoms. The summed E-state index contributed by atoms with van der Waals surface area (Å²) < 4.78 is 9.83. The number of hydrogen-bond donors (Lipinski definition) is 0. The maximum atomic E-state index is 11.2. The van der Waals surface area contributed by atoms with E-state index in [2.05, 4.69) is 14.6 Å². The second kappa shape index (κ2) is 3.43. The van der Waals surface area contributed by atoms with E-state index in [4.69, 9.17) is 4.74 Å². The Kier molecular flexibility index (Phi) is 2.15. The van der Waals surface area contributed by atoms with Gasteiger partial charge in [0.1, 0.15) is 0 Å². The van der Waals surface area contributed by atoms with E-state index in [1.807, 2.05) is 0 Å². The molecule has 0 saturated carbocycles. The number of aromatic nitrogens is 1. The van der Waals surface area contributed by atoms with Gasteiger partial charge in [0.15, 0.2) is 10.8 Å². The van der Waals surface area contributed by atoms with Gasteiger partial charge in [0.2, 0.25) is 0 Å². The highest BCUT2D eigenvalue weighted by molar-refractivity contribution is 7.13. The number of ether oxygens (including phenoxy) is 2. The van der Waals surface area contributed by atoms with Crippen LogP contribution >= 0.6 is 11.3 Å². The molecular formula is C10H12N2O3S. The molecule has 2 saturated heterocycles. The third-order valence-electron chi connectivity index (χ3n) is 3.03. The van der Waals surface area contributed by atoms with Gasteiger partial charge in [0.25, 0.3) is 0 Å². The quantitative estimate of drug-likeness (QED) is 0.715. The summed E-state index contributed by atoms with van der Waals surface area (Å²) in [7, 11) is 1.37. The van der Waals surface area contributed by atoms with E-state index >= 15 is 0 Å². The second-order valence-corrected chi connectivity index (χ2v) is 5.19. The predicted octanol–water partition coefficient (Wildman–Crippen LogP) is 0.766. The van der Waals surface area contributed by atoms with Crippen molar-refractivity contribution in [3.8, 4) is 0 Å². The Labute approximate surface area is 97.0 Å². The Bertz CT molecular complexity index is 419. The highest BCUT2D eigenvalue weighted by Crippen LogP contribution is 2.40.